The minimum absolute atomic E-state index is 0.0908. The summed E-state index contributed by atoms with van der Waals surface area (Å²) in [6.07, 6.45) is 1.95. The maximum atomic E-state index is 13.8. The number of piperidine rings is 1. The van der Waals surface area contributed by atoms with Crippen LogP contribution in [0, 0.1) is 5.82 Å². The van der Waals surface area contributed by atoms with E-state index >= 15 is 0 Å². The number of hydrogen-bond acceptors (Lipinski definition) is 5. The highest BCUT2D eigenvalue weighted by Gasteiger charge is 2.40. The number of rotatable bonds is 6. The van der Waals surface area contributed by atoms with Gasteiger partial charge in [-0.3, -0.25) is 9.69 Å². The minimum atomic E-state index is -3.76. The number of carbonyl (C=O) groups is 1. The SMILES string of the molecule is O=C1c2ccccc2S(=O)(=O)N1CCN1CCCC(NCc2ccccc2F)C1. The average Bonchev–Trinajstić information content (AvgIpc) is 2.92. The zero-order valence-electron chi connectivity index (χ0n) is 16.1. The third-order valence-corrected chi connectivity index (χ3v) is 7.42. The predicted molar refractivity (Wildman–Crippen MR) is 107 cm³/mol. The van der Waals surface area contributed by atoms with Crippen molar-refractivity contribution >= 4 is 15.9 Å². The maximum Gasteiger partial charge on any atom is 0.269 e. The van der Waals surface area contributed by atoms with Gasteiger partial charge in [0.2, 0.25) is 0 Å². The molecule has 0 radical (unpaired) electrons. The first-order chi connectivity index (χ1) is 14.0. The highest BCUT2D eigenvalue weighted by molar-refractivity contribution is 7.90. The molecule has 2 aromatic rings. The zero-order chi connectivity index (χ0) is 20.4. The van der Waals surface area contributed by atoms with Gasteiger partial charge < -0.3 is 5.32 Å². The number of sulfonamides is 1. The number of nitrogens with zero attached hydrogens (tertiary/aromatic N) is 2. The van der Waals surface area contributed by atoms with Crippen molar-refractivity contribution in [2.24, 2.45) is 0 Å². The fourth-order valence-electron chi connectivity index (χ4n) is 4.01. The van der Waals surface area contributed by atoms with Crippen LogP contribution >= 0.6 is 0 Å². The van der Waals surface area contributed by atoms with Crippen LogP contribution in [0.25, 0.3) is 0 Å². The Morgan fingerprint density at radius 2 is 1.83 bits per heavy atom. The molecule has 0 aliphatic carbocycles. The zero-order valence-corrected chi connectivity index (χ0v) is 16.9. The van der Waals surface area contributed by atoms with E-state index in [9.17, 15) is 17.6 Å². The van der Waals surface area contributed by atoms with Crippen LogP contribution in [0.15, 0.2) is 53.4 Å². The van der Waals surface area contributed by atoms with Gasteiger partial charge >= 0.3 is 0 Å². The van der Waals surface area contributed by atoms with Gasteiger partial charge in [-0.1, -0.05) is 30.3 Å². The molecule has 29 heavy (non-hydrogen) atoms. The maximum absolute atomic E-state index is 13.8. The van der Waals surface area contributed by atoms with Crippen molar-refractivity contribution in [1.82, 2.24) is 14.5 Å². The van der Waals surface area contributed by atoms with Crippen LogP contribution < -0.4 is 5.32 Å². The van der Waals surface area contributed by atoms with Gasteiger partial charge in [0.1, 0.15) is 10.7 Å². The molecule has 0 aromatic heterocycles. The summed E-state index contributed by atoms with van der Waals surface area (Å²) in [5.74, 6) is -0.670. The van der Waals surface area contributed by atoms with Gasteiger partial charge in [0, 0.05) is 31.2 Å². The lowest BCUT2D eigenvalue weighted by molar-refractivity contribution is 0.0852. The van der Waals surface area contributed by atoms with Crippen molar-refractivity contribution in [2.45, 2.75) is 30.3 Å². The summed E-state index contributed by atoms with van der Waals surface area (Å²) in [4.78, 5) is 14.8. The monoisotopic (exact) mass is 417 g/mol. The summed E-state index contributed by atoms with van der Waals surface area (Å²) in [6.45, 7) is 2.67. The lowest BCUT2D eigenvalue weighted by atomic mass is 10.1. The first-order valence-corrected chi connectivity index (χ1v) is 11.3. The number of halogens is 1. The van der Waals surface area contributed by atoms with Crippen LogP contribution in [0.2, 0.25) is 0 Å². The van der Waals surface area contributed by atoms with Crippen LogP contribution in [0.3, 0.4) is 0 Å². The number of fused-ring (bicyclic) bond motifs is 1. The number of carbonyl (C=O) groups excluding carboxylic acids is 1. The number of benzene rings is 2. The first-order valence-electron chi connectivity index (χ1n) is 9.82. The van der Waals surface area contributed by atoms with Crippen molar-refractivity contribution in [3.05, 3.63) is 65.5 Å². The van der Waals surface area contributed by atoms with Crippen molar-refractivity contribution < 1.29 is 17.6 Å². The van der Waals surface area contributed by atoms with Crippen molar-refractivity contribution in [2.75, 3.05) is 26.2 Å². The van der Waals surface area contributed by atoms with Crippen molar-refractivity contribution in [3.8, 4) is 0 Å². The summed E-state index contributed by atoms with van der Waals surface area (Å²) in [5.41, 5.74) is 0.881. The molecule has 0 saturated carbocycles. The van der Waals surface area contributed by atoms with Gasteiger partial charge in [0.25, 0.3) is 15.9 Å². The lowest BCUT2D eigenvalue weighted by Gasteiger charge is -2.34. The number of amides is 1. The molecule has 1 fully saturated rings. The van der Waals surface area contributed by atoms with E-state index in [4.69, 9.17) is 0 Å². The van der Waals surface area contributed by atoms with Crippen LogP contribution in [-0.4, -0.2) is 55.8 Å². The second kappa shape index (κ2) is 8.22. The van der Waals surface area contributed by atoms with Crippen LogP contribution in [-0.2, 0) is 16.6 Å². The first kappa shape index (κ1) is 20.0. The fraction of sp³-hybridized carbons (Fsp3) is 0.381. The summed E-state index contributed by atoms with van der Waals surface area (Å²) in [5, 5.41) is 3.40. The molecular formula is C21H24FN3O3S. The molecule has 0 spiro atoms. The Balaban J connectivity index is 1.34. The molecule has 8 heteroatoms. The highest BCUT2D eigenvalue weighted by atomic mass is 32.2. The molecule has 2 aliphatic heterocycles. The van der Waals surface area contributed by atoms with Gasteiger partial charge in [-0.2, -0.15) is 0 Å². The Morgan fingerprint density at radius 1 is 1.07 bits per heavy atom. The standard InChI is InChI=1S/C21H24FN3O3S/c22-19-9-3-1-6-16(19)14-23-17-7-5-11-24(15-17)12-13-25-21(26)18-8-2-4-10-20(18)29(25,27)28/h1-4,6,8-10,17,23H,5,7,11-15H2. The molecule has 4 rings (SSSR count). The Hall–Kier alpha value is -2.29. The number of hydrogen-bond donors (Lipinski definition) is 1. The third-order valence-electron chi connectivity index (χ3n) is 5.58. The Bertz CT molecular complexity index is 1010. The van der Waals surface area contributed by atoms with E-state index in [1.165, 1.54) is 12.1 Å². The molecule has 2 aliphatic rings. The van der Waals surface area contributed by atoms with Gasteiger partial charge in [-0.05, 0) is 37.6 Å². The van der Waals surface area contributed by atoms with Crippen LogP contribution in [0.5, 0.6) is 0 Å². The largest absolute Gasteiger partial charge is 0.309 e. The minimum Gasteiger partial charge on any atom is -0.309 e. The average molecular weight is 418 g/mol. The highest BCUT2D eigenvalue weighted by Crippen LogP contribution is 2.29. The molecule has 6 nitrogen and oxygen atoms in total. The number of nitrogens with one attached hydrogen (secondary N) is 1. The third kappa shape index (κ3) is 4.05. The van der Waals surface area contributed by atoms with Gasteiger partial charge in [0.05, 0.1) is 12.1 Å². The Labute approximate surface area is 170 Å². The predicted octanol–water partition coefficient (Wildman–Crippen LogP) is 2.22. The van der Waals surface area contributed by atoms with E-state index in [-0.39, 0.29) is 28.9 Å². The van der Waals surface area contributed by atoms with E-state index in [0.717, 1.165) is 30.2 Å². The number of likely N-dealkylation sites (tertiary alicyclic amines) is 1. The molecule has 1 N–H and O–H groups in total. The molecule has 1 atom stereocenters. The molecule has 2 aromatic carbocycles. The summed E-state index contributed by atoms with van der Waals surface area (Å²) >= 11 is 0. The quantitative estimate of drug-likeness (QED) is 0.781. The van der Waals surface area contributed by atoms with E-state index < -0.39 is 15.9 Å². The van der Waals surface area contributed by atoms with Crippen LogP contribution in [0.1, 0.15) is 28.8 Å². The molecule has 0 bridgehead atoms. The van der Waals surface area contributed by atoms with E-state index in [1.54, 1.807) is 30.3 Å². The molecule has 1 unspecified atom stereocenters. The van der Waals surface area contributed by atoms with E-state index in [0.29, 0.717) is 18.7 Å². The fourth-order valence-corrected chi connectivity index (χ4v) is 5.57. The Kier molecular flexibility index (Phi) is 5.67. The lowest BCUT2D eigenvalue weighted by Crippen LogP contribution is -2.48. The van der Waals surface area contributed by atoms with Gasteiger partial charge in [-0.15, -0.1) is 0 Å². The topological polar surface area (TPSA) is 69.7 Å². The summed E-state index contributed by atoms with van der Waals surface area (Å²) in [6, 6.07) is 13.2. The van der Waals surface area contributed by atoms with Crippen molar-refractivity contribution in [3.63, 3.8) is 0 Å². The second-order valence-corrected chi connectivity index (χ2v) is 9.32. The molecule has 154 valence electrons. The second-order valence-electron chi connectivity index (χ2n) is 7.49. The molecule has 1 amide bonds. The van der Waals surface area contributed by atoms with E-state index in [2.05, 4.69) is 10.2 Å². The summed E-state index contributed by atoms with van der Waals surface area (Å²) in [7, 11) is -3.76. The summed E-state index contributed by atoms with van der Waals surface area (Å²) < 4.78 is 40.1. The molecular weight excluding hydrogens is 393 g/mol. The molecule has 1 saturated heterocycles. The molecule has 2 heterocycles. The van der Waals surface area contributed by atoms with Gasteiger partial charge in [-0.25, -0.2) is 17.1 Å². The van der Waals surface area contributed by atoms with Gasteiger partial charge in [0.15, 0.2) is 0 Å². The normalized spacial score (nSPS) is 21.3. The smallest absolute Gasteiger partial charge is 0.269 e. The Morgan fingerprint density at radius 3 is 2.62 bits per heavy atom. The van der Waals surface area contributed by atoms with Crippen molar-refractivity contribution in [1.29, 1.82) is 0 Å². The van der Waals surface area contributed by atoms with Crippen LogP contribution in [0.4, 0.5) is 4.39 Å². The van der Waals surface area contributed by atoms with E-state index in [1.807, 2.05) is 6.07 Å².